The summed E-state index contributed by atoms with van der Waals surface area (Å²) in [7, 11) is 0. The van der Waals surface area contributed by atoms with E-state index in [1.165, 1.54) is 12.1 Å². The van der Waals surface area contributed by atoms with Crippen molar-refractivity contribution in [1.82, 2.24) is 0 Å². The van der Waals surface area contributed by atoms with Gasteiger partial charge in [-0.1, -0.05) is 60.7 Å². The second-order valence-corrected chi connectivity index (χ2v) is 7.79. The van der Waals surface area contributed by atoms with Gasteiger partial charge in [0.15, 0.2) is 12.4 Å². The van der Waals surface area contributed by atoms with Crippen LogP contribution in [0.4, 0.5) is 11.4 Å². The third-order valence-corrected chi connectivity index (χ3v) is 5.76. The van der Waals surface area contributed by atoms with Crippen LogP contribution in [0.25, 0.3) is 39.4 Å². The van der Waals surface area contributed by atoms with Crippen LogP contribution in [0.1, 0.15) is 11.1 Å². The number of hydrogen-bond acceptors (Lipinski definition) is 4. The quantitative estimate of drug-likeness (QED) is 0.137. The summed E-state index contributed by atoms with van der Waals surface area (Å²) in [4.78, 5) is 21.2. The molecule has 164 valence electrons. The molecular weight excluding hydrogens is 430 g/mol. The highest BCUT2D eigenvalue weighted by atomic mass is 16.6. The third-order valence-electron chi connectivity index (χ3n) is 5.76. The molecule has 1 aromatic heterocycles. The fourth-order valence-electron chi connectivity index (χ4n) is 4.11. The van der Waals surface area contributed by atoms with Gasteiger partial charge in [-0.25, -0.2) is 0 Å². The number of nitro benzene ring substituents is 2. The van der Waals surface area contributed by atoms with E-state index in [1.807, 2.05) is 42.5 Å². The van der Waals surface area contributed by atoms with Crippen LogP contribution in [0, 0.1) is 20.2 Å². The molecular formula is C27H18N3O4+. The summed E-state index contributed by atoms with van der Waals surface area (Å²) >= 11 is 0. The monoisotopic (exact) mass is 448 g/mol. The summed E-state index contributed by atoms with van der Waals surface area (Å²) < 4.78 is 1.58. The Labute approximate surface area is 194 Å². The zero-order chi connectivity index (χ0) is 23.7. The van der Waals surface area contributed by atoms with Crippen LogP contribution in [0.3, 0.4) is 0 Å². The number of fused-ring (bicyclic) bond motifs is 2. The largest absolute Gasteiger partial charge is 0.347 e. The molecule has 0 aliphatic carbocycles. The minimum atomic E-state index is -0.647. The van der Waals surface area contributed by atoms with Crippen molar-refractivity contribution in [3.8, 4) is 5.69 Å². The molecule has 0 N–H and O–H groups in total. The van der Waals surface area contributed by atoms with Gasteiger partial charge in [-0.15, -0.1) is 0 Å². The Morgan fingerprint density at radius 2 is 1.29 bits per heavy atom. The predicted molar refractivity (Wildman–Crippen MR) is 132 cm³/mol. The summed E-state index contributed by atoms with van der Waals surface area (Å²) in [5.41, 5.74) is 1.64. The number of non-ortho nitro benzene ring substituents is 1. The van der Waals surface area contributed by atoms with Gasteiger partial charge in [-0.3, -0.25) is 20.2 Å². The summed E-state index contributed by atoms with van der Waals surface area (Å²) in [6, 6.07) is 26.0. The molecule has 0 unspecified atom stereocenters. The number of aromatic nitrogens is 1. The maximum atomic E-state index is 11.5. The summed E-state index contributed by atoms with van der Waals surface area (Å²) in [6.07, 6.45) is 7.49. The molecule has 0 spiro atoms. The Kier molecular flexibility index (Phi) is 5.27. The minimum Gasteiger partial charge on any atom is -0.258 e. The predicted octanol–water partition coefficient (Wildman–Crippen LogP) is 6.26. The highest BCUT2D eigenvalue weighted by molar-refractivity contribution is 6.07. The fourth-order valence-corrected chi connectivity index (χ4v) is 4.11. The van der Waals surface area contributed by atoms with Crippen molar-refractivity contribution in [3.63, 3.8) is 0 Å². The van der Waals surface area contributed by atoms with E-state index in [2.05, 4.69) is 36.4 Å². The van der Waals surface area contributed by atoms with Crippen LogP contribution in [0.2, 0.25) is 0 Å². The van der Waals surface area contributed by atoms with Gasteiger partial charge in [0.05, 0.1) is 9.85 Å². The molecule has 0 amide bonds. The van der Waals surface area contributed by atoms with Crippen molar-refractivity contribution >= 4 is 45.1 Å². The molecule has 34 heavy (non-hydrogen) atoms. The minimum absolute atomic E-state index is 0.256. The zero-order valence-corrected chi connectivity index (χ0v) is 17.9. The molecule has 0 aliphatic rings. The molecule has 0 bridgehead atoms. The Morgan fingerprint density at radius 1 is 0.676 bits per heavy atom. The second-order valence-electron chi connectivity index (χ2n) is 7.79. The van der Waals surface area contributed by atoms with Gasteiger partial charge in [0.25, 0.3) is 11.4 Å². The van der Waals surface area contributed by atoms with E-state index >= 15 is 0 Å². The smallest absolute Gasteiger partial charge is 0.258 e. The molecule has 0 fully saturated rings. The molecule has 7 nitrogen and oxygen atoms in total. The maximum absolute atomic E-state index is 11.5. The first-order valence-corrected chi connectivity index (χ1v) is 10.5. The van der Waals surface area contributed by atoms with Gasteiger partial charge < -0.3 is 0 Å². The lowest BCUT2D eigenvalue weighted by Crippen LogP contribution is -2.30. The Hall–Kier alpha value is -4.91. The highest BCUT2D eigenvalue weighted by Gasteiger charge is 2.25. The summed E-state index contributed by atoms with van der Waals surface area (Å²) in [5.74, 6) is 0. The van der Waals surface area contributed by atoms with Crippen molar-refractivity contribution in [3.05, 3.63) is 129 Å². The molecule has 5 rings (SSSR count). The first-order chi connectivity index (χ1) is 16.5. The van der Waals surface area contributed by atoms with E-state index in [1.54, 1.807) is 17.0 Å². The van der Waals surface area contributed by atoms with E-state index in [9.17, 15) is 20.2 Å². The number of nitro groups is 2. The lowest BCUT2D eigenvalue weighted by molar-refractivity contribution is -0.601. The molecule has 0 saturated heterocycles. The SMILES string of the molecule is O=[N+]([O-])c1ccc(-[n+]2ccc(/C=C/c3c4ccccc4cc4ccccc34)cc2)c([N+](=O)[O-])c1. The molecule has 4 aromatic carbocycles. The van der Waals surface area contributed by atoms with Crippen LogP contribution < -0.4 is 4.57 Å². The van der Waals surface area contributed by atoms with E-state index in [0.29, 0.717) is 0 Å². The van der Waals surface area contributed by atoms with Crippen molar-refractivity contribution < 1.29 is 14.4 Å². The molecule has 0 saturated carbocycles. The van der Waals surface area contributed by atoms with E-state index in [-0.39, 0.29) is 17.1 Å². The number of benzene rings is 4. The molecule has 7 heteroatoms. The zero-order valence-electron chi connectivity index (χ0n) is 17.9. The maximum Gasteiger partial charge on any atom is 0.347 e. The lowest BCUT2D eigenvalue weighted by Gasteiger charge is -2.08. The van der Waals surface area contributed by atoms with Gasteiger partial charge >= 0.3 is 5.69 Å². The highest BCUT2D eigenvalue weighted by Crippen LogP contribution is 2.30. The topological polar surface area (TPSA) is 90.2 Å². The van der Waals surface area contributed by atoms with Crippen molar-refractivity contribution in [2.24, 2.45) is 0 Å². The third kappa shape index (κ3) is 3.86. The van der Waals surface area contributed by atoms with E-state index < -0.39 is 9.85 Å². The van der Waals surface area contributed by atoms with Crippen molar-refractivity contribution in [2.75, 3.05) is 0 Å². The Balaban J connectivity index is 1.53. The normalized spacial score (nSPS) is 11.3. The molecule has 1 heterocycles. The average Bonchev–Trinajstić information content (AvgIpc) is 2.86. The van der Waals surface area contributed by atoms with Gasteiger partial charge in [-0.05, 0) is 38.7 Å². The summed E-state index contributed by atoms with van der Waals surface area (Å²) in [6.45, 7) is 0. The van der Waals surface area contributed by atoms with Crippen molar-refractivity contribution in [2.45, 2.75) is 0 Å². The first-order valence-electron chi connectivity index (χ1n) is 10.5. The van der Waals surface area contributed by atoms with Gasteiger partial charge in [-0.2, -0.15) is 4.57 Å². The van der Waals surface area contributed by atoms with Gasteiger partial charge in [0.1, 0.15) is 6.07 Å². The van der Waals surface area contributed by atoms with E-state index in [0.717, 1.165) is 38.7 Å². The van der Waals surface area contributed by atoms with Gasteiger partial charge in [0, 0.05) is 24.3 Å². The van der Waals surface area contributed by atoms with Crippen LogP contribution in [0.5, 0.6) is 0 Å². The number of hydrogen-bond donors (Lipinski definition) is 0. The van der Waals surface area contributed by atoms with Crippen LogP contribution in [0.15, 0.2) is 97.3 Å². The Morgan fingerprint density at radius 3 is 1.88 bits per heavy atom. The fraction of sp³-hybridized carbons (Fsp3) is 0. The lowest BCUT2D eigenvalue weighted by atomic mass is 9.96. The van der Waals surface area contributed by atoms with Crippen LogP contribution in [-0.4, -0.2) is 9.85 Å². The standard InChI is InChI=1S/C27H18N3O4/c31-29(32)22-10-12-26(27(18-22)30(33)34)28-15-13-19(14-16-28)9-11-25-23-7-3-1-5-20(23)17-21-6-2-4-8-24(21)25/h1-18H/q+1/b11-9+. The van der Waals surface area contributed by atoms with E-state index in [4.69, 9.17) is 0 Å². The van der Waals surface area contributed by atoms with Crippen molar-refractivity contribution in [1.29, 1.82) is 0 Å². The molecule has 0 aliphatic heterocycles. The Bertz CT molecular complexity index is 1550. The average molecular weight is 448 g/mol. The van der Waals surface area contributed by atoms with Gasteiger partial charge in [0.2, 0.25) is 0 Å². The number of nitrogens with zero attached hydrogens (tertiary/aromatic N) is 3. The van der Waals surface area contributed by atoms with Crippen LogP contribution in [-0.2, 0) is 0 Å². The summed E-state index contributed by atoms with van der Waals surface area (Å²) in [5, 5.41) is 27.1. The second kappa shape index (κ2) is 8.55. The number of pyridine rings is 1. The van der Waals surface area contributed by atoms with Crippen LogP contribution >= 0.6 is 0 Å². The molecule has 0 radical (unpaired) electrons. The molecule has 5 aromatic rings. The molecule has 0 atom stereocenters. The number of rotatable bonds is 5. The first kappa shape index (κ1) is 21.0.